The second kappa shape index (κ2) is 4.92. The summed E-state index contributed by atoms with van der Waals surface area (Å²) in [6.45, 7) is 0.583. The van der Waals surface area contributed by atoms with E-state index in [1.807, 2.05) is 29.6 Å². The summed E-state index contributed by atoms with van der Waals surface area (Å²) in [6, 6.07) is 7.76. The Bertz CT molecular complexity index is 600. The second-order valence-electron chi connectivity index (χ2n) is 4.90. The summed E-state index contributed by atoms with van der Waals surface area (Å²) in [6.07, 6.45) is -0.941. The minimum absolute atomic E-state index is 0.116. The molecule has 0 radical (unpaired) electrons. The van der Waals surface area contributed by atoms with Crippen molar-refractivity contribution in [1.29, 1.82) is 0 Å². The standard InChI is InChI=1S/C14H15NO3S/c16-9-5-10(17)7-15(6-9)14(18)12-8-19-13-4-2-1-3-11(12)13/h1-4,8-10,16-17H,5-7H2/t9-,10-/m1/s1. The Morgan fingerprint density at radius 1 is 1.21 bits per heavy atom. The number of carbonyl (C=O) groups excluding carboxylic acids is 1. The van der Waals surface area contributed by atoms with Crippen molar-refractivity contribution in [2.24, 2.45) is 0 Å². The van der Waals surface area contributed by atoms with Gasteiger partial charge in [0.2, 0.25) is 0 Å². The fourth-order valence-corrected chi connectivity index (χ4v) is 3.46. The highest BCUT2D eigenvalue weighted by Crippen LogP contribution is 2.27. The minimum atomic E-state index is -0.641. The van der Waals surface area contributed by atoms with Crippen LogP contribution < -0.4 is 0 Å². The van der Waals surface area contributed by atoms with Gasteiger partial charge in [-0.2, -0.15) is 0 Å². The highest BCUT2D eigenvalue weighted by Gasteiger charge is 2.29. The van der Waals surface area contributed by atoms with Gasteiger partial charge in [-0.05, 0) is 6.07 Å². The van der Waals surface area contributed by atoms with E-state index in [4.69, 9.17) is 0 Å². The number of aliphatic hydroxyl groups excluding tert-OH is 2. The Balaban J connectivity index is 1.91. The Morgan fingerprint density at radius 2 is 1.89 bits per heavy atom. The van der Waals surface area contributed by atoms with Crippen molar-refractivity contribution >= 4 is 27.3 Å². The molecule has 1 saturated heterocycles. The number of piperidine rings is 1. The predicted octanol–water partition coefficient (Wildman–Crippen LogP) is 1.47. The molecule has 0 aliphatic carbocycles. The Hall–Kier alpha value is -1.43. The SMILES string of the molecule is O=C(c1csc2ccccc12)N1C[C@H](O)C[C@@H](O)C1. The first-order valence-electron chi connectivity index (χ1n) is 6.27. The van der Waals surface area contributed by atoms with Crippen LogP contribution in [0.2, 0.25) is 0 Å². The number of β-amino-alcohol motifs (C(OH)–C–C–N with tert-alkyl or cyclic N) is 2. The van der Waals surface area contributed by atoms with Gasteiger partial charge in [-0.3, -0.25) is 4.79 Å². The van der Waals surface area contributed by atoms with Crippen molar-refractivity contribution in [3.63, 3.8) is 0 Å². The smallest absolute Gasteiger partial charge is 0.255 e. The van der Waals surface area contributed by atoms with Gasteiger partial charge in [-0.1, -0.05) is 18.2 Å². The maximum absolute atomic E-state index is 12.5. The Morgan fingerprint density at radius 3 is 2.63 bits per heavy atom. The van der Waals surface area contributed by atoms with Crippen LogP contribution in [-0.4, -0.2) is 46.3 Å². The van der Waals surface area contributed by atoms with E-state index in [-0.39, 0.29) is 5.91 Å². The number of hydrogen-bond donors (Lipinski definition) is 2. The number of thiophene rings is 1. The maximum atomic E-state index is 12.5. The molecule has 1 aromatic carbocycles. The third kappa shape index (κ3) is 2.36. The van der Waals surface area contributed by atoms with E-state index in [1.165, 1.54) is 16.2 Å². The summed E-state index contributed by atoms with van der Waals surface area (Å²) in [5.41, 5.74) is 0.655. The van der Waals surface area contributed by atoms with Crippen LogP contribution in [-0.2, 0) is 0 Å². The first-order valence-corrected chi connectivity index (χ1v) is 7.15. The van der Waals surface area contributed by atoms with Crippen LogP contribution in [0.1, 0.15) is 16.8 Å². The summed E-state index contributed by atoms with van der Waals surface area (Å²) in [5.74, 6) is -0.116. The van der Waals surface area contributed by atoms with Crippen molar-refractivity contribution in [3.05, 3.63) is 35.2 Å². The Kier molecular flexibility index (Phi) is 3.26. The lowest BCUT2D eigenvalue weighted by Gasteiger charge is -2.33. The summed E-state index contributed by atoms with van der Waals surface area (Å²) in [4.78, 5) is 14.0. The molecule has 2 heterocycles. The molecule has 1 aliphatic rings. The van der Waals surface area contributed by atoms with Gasteiger partial charge < -0.3 is 15.1 Å². The molecule has 2 aromatic rings. The number of amides is 1. The van der Waals surface area contributed by atoms with Crippen molar-refractivity contribution < 1.29 is 15.0 Å². The quantitative estimate of drug-likeness (QED) is 0.830. The molecule has 5 heteroatoms. The molecular formula is C14H15NO3S. The number of carbonyl (C=O) groups is 1. The Labute approximate surface area is 114 Å². The van der Waals surface area contributed by atoms with Crippen LogP contribution in [0, 0.1) is 0 Å². The van der Waals surface area contributed by atoms with E-state index in [0.717, 1.165) is 10.1 Å². The molecular weight excluding hydrogens is 262 g/mol. The average molecular weight is 277 g/mol. The molecule has 0 bridgehead atoms. The average Bonchev–Trinajstić information content (AvgIpc) is 2.80. The van der Waals surface area contributed by atoms with Crippen LogP contribution in [0.25, 0.3) is 10.1 Å². The van der Waals surface area contributed by atoms with Crippen LogP contribution in [0.15, 0.2) is 29.6 Å². The molecule has 0 unspecified atom stereocenters. The normalized spacial score (nSPS) is 23.8. The topological polar surface area (TPSA) is 60.8 Å². The zero-order valence-electron chi connectivity index (χ0n) is 10.3. The van der Waals surface area contributed by atoms with E-state index in [1.54, 1.807) is 0 Å². The van der Waals surface area contributed by atoms with E-state index < -0.39 is 12.2 Å². The fourth-order valence-electron chi connectivity index (χ4n) is 2.53. The lowest BCUT2D eigenvalue weighted by molar-refractivity contribution is -0.00374. The third-order valence-electron chi connectivity index (χ3n) is 3.41. The highest BCUT2D eigenvalue weighted by molar-refractivity contribution is 7.17. The molecule has 0 saturated carbocycles. The van der Waals surface area contributed by atoms with Gasteiger partial charge >= 0.3 is 0 Å². The molecule has 2 atom stereocenters. The van der Waals surface area contributed by atoms with Crippen LogP contribution in [0.4, 0.5) is 0 Å². The van der Waals surface area contributed by atoms with Crippen molar-refractivity contribution in [3.8, 4) is 0 Å². The first kappa shape index (κ1) is 12.6. The van der Waals surface area contributed by atoms with Gasteiger partial charge in [0.15, 0.2) is 0 Å². The number of benzene rings is 1. The lowest BCUT2D eigenvalue weighted by Crippen LogP contribution is -2.48. The number of likely N-dealkylation sites (tertiary alicyclic amines) is 1. The fraction of sp³-hybridized carbons (Fsp3) is 0.357. The van der Waals surface area contributed by atoms with Gasteiger partial charge in [0.1, 0.15) is 0 Å². The predicted molar refractivity (Wildman–Crippen MR) is 74.4 cm³/mol. The summed E-state index contributed by atoms with van der Waals surface area (Å²) in [5, 5.41) is 22.1. The monoisotopic (exact) mass is 277 g/mol. The van der Waals surface area contributed by atoms with Gasteiger partial charge in [0.05, 0.1) is 17.8 Å². The minimum Gasteiger partial charge on any atom is -0.391 e. The van der Waals surface area contributed by atoms with Crippen LogP contribution in [0.5, 0.6) is 0 Å². The third-order valence-corrected chi connectivity index (χ3v) is 4.37. The molecule has 4 nitrogen and oxygen atoms in total. The van der Waals surface area contributed by atoms with Crippen molar-refractivity contribution in [2.75, 3.05) is 13.1 Å². The van der Waals surface area contributed by atoms with E-state index in [0.29, 0.717) is 25.1 Å². The molecule has 1 amide bonds. The number of fused-ring (bicyclic) bond motifs is 1. The van der Waals surface area contributed by atoms with Gasteiger partial charge in [-0.15, -0.1) is 11.3 Å². The van der Waals surface area contributed by atoms with Crippen molar-refractivity contribution in [1.82, 2.24) is 4.90 Å². The number of aliphatic hydroxyl groups is 2. The maximum Gasteiger partial charge on any atom is 0.255 e. The number of hydrogen-bond acceptors (Lipinski definition) is 4. The zero-order valence-corrected chi connectivity index (χ0v) is 11.1. The van der Waals surface area contributed by atoms with Crippen LogP contribution >= 0.6 is 11.3 Å². The molecule has 2 N–H and O–H groups in total. The summed E-state index contributed by atoms with van der Waals surface area (Å²) in [7, 11) is 0. The van der Waals surface area contributed by atoms with Gasteiger partial charge in [0.25, 0.3) is 5.91 Å². The van der Waals surface area contributed by atoms with Gasteiger partial charge in [0, 0.05) is 35.0 Å². The van der Waals surface area contributed by atoms with Gasteiger partial charge in [-0.25, -0.2) is 0 Å². The molecule has 0 spiro atoms. The molecule has 1 aromatic heterocycles. The highest BCUT2D eigenvalue weighted by atomic mass is 32.1. The summed E-state index contributed by atoms with van der Waals surface area (Å²) < 4.78 is 1.07. The molecule has 3 rings (SSSR count). The van der Waals surface area contributed by atoms with E-state index in [2.05, 4.69) is 0 Å². The lowest BCUT2D eigenvalue weighted by atomic mass is 10.0. The number of nitrogens with zero attached hydrogens (tertiary/aromatic N) is 1. The molecule has 19 heavy (non-hydrogen) atoms. The summed E-state index contributed by atoms with van der Waals surface area (Å²) >= 11 is 1.54. The number of rotatable bonds is 1. The van der Waals surface area contributed by atoms with E-state index >= 15 is 0 Å². The molecule has 1 aliphatic heterocycles. The van der Waals surface area contributed by atoms with Crippen molar-refractivity contribution in [2.45, 2.75) is 18.6 Å². The van der Waals surface area contributed by atoms with E-state index in [9.17, 15) is 15.0 Å². The molecule has 100 valence electrons. The second-order valence-corrected chi connectivity index (χ2v) is 5.81. The van der Waals surface area contributed by atoms with Crippen LogP contribution in [0.3, 0.4) is 0 Å². The first-order chi connectivity index (χ1) is 9.15. The molecule has 1 fully saturated rings. The zero-order chi connectivity index (χ0) is 13.4. The largest absolute Gasteiger partial charge is 0.391 e.